The number of halogens is 3. The van der Waals surface area contributed by atoms with Gasteiger partial charge in [-0.25, -0.2) is 23.1 Å². The van der Waals surface area contributed by atoms with Crippen LogP contribution in [0.25, 0.3) is 11.2 Å². The minimum atomic E-state index is -2.07. The second kappa shape index (κ2) is 8.55. The van der Waals surface area contributed by atoms with Crippen LogP contribution in [0.1, 0.15) is 43.5 Å². The summed E-state index contributed by atoms with van der Waals surface area (Å²) in [6, 6.07) is -0.0350. The highest BCUT2D eigenvalue weighted by Crippen LogP contribution is 2.32. The summed E-state index contributed by atoms with van der Waals surface area (Å²) in [6.07, 6.45) is -4.48. The Bertz CT molecular complexity index is 1270. The monoisotopic (exact) mass is 452 g/mol. The molecule has 1 saturated heterocycles. The molecule has 0 bridgehead atoms. The van der Waals surface area contributed by atoms with Gasteiger partial charge in [-0.3, -0.25) is 4.57 Å². The van der Waals surface area contributed by atoms with Crippen molar-refractivity contribution in [1.29, 1.82) is 0 Å². The SMILES string of the molecule is [2H]C1C(Nc2ncc3nc(Nc4c(F)cc(F)cc4F)n(C4CCOC4)c3n2)CC([2H])([2H])C(O)C1[2H]. The molecule has 0 radical (unpaired) electrons. The molecule has 11 heteroatoms. The molecule has 1 saturated carbocycles. The van der Waals surface area contributed by atoms with E-state index in [-0.39, 0.29) is 42.1 Å². The fraction of sp³-hybridized carbons (Fsp3) is 0.476. The number of fused-ring (bicyclic) bond motifs is 1. The molecular formula is C21H23F3N6O2. The Kier molecular flexibility index (Phi) is 4.45. The molecule has 5 unspecified atom stereocenters. The Morgan fingerprint density at radius 1 is 1.16 bits per heavy atom. The standard InChI is InChI=1S/C21H23F3N6O2/c22-11-7-15(23)18(16(24)8-11)28-21-27-17-9-25-20(26-12-1-3-14(31)4-2-12)29-19(17)30(21)13-5-6-32-10-13/h7-9,12-14,31H,1-6,10H2,(H,27,28)(H,25,26,29)/i1D,3D,4D2. The Balaban J connectivity index is 1.51. The lowest BCUT2D eigenvalue weighted by Gasteiger charge is -2.26. The van der Waals surface area contributed by atoms with Crippen LogP contribution in [0.3, 0.4) is 0 Å². The van der Waals surface area contributed by atoms with Gasteiger partial charge < -0.3 is 20.5 Å². The summed E-state index contributed by atoms with van der Waals surface area (Å²) < 4.78 is 81.3. The van der Waals surface area contributed by atoms with Crippen molar-refractivity contribution in [1.82, 2.24) is 19.5 Å². The highest BCUT2D eigenvalue weighted by molar-refractivity contribution is 5.76. The summed E-state index contributed by atoms with van der Waals surface area (Å²) in [4.78, 5) is 13.0. The molecule has 1 aliphatic carbocycles. The molecule has 0 spiro atoms. The van der Waals surface area contributed by atoms with Gasteiger partial charge in [-0.15, -0.1) is 0 Å². The topological polar surface area (TPSA) is 97.1 Å². The highest BCUT2D eigenvalue weighted by Gasteiger charge is 2.27. The lowest BCUT2D eigenvalue weighted by atomic mass is 9.93. The number of imidazole rings is 1. The van der Waals surface area contributed by atoms with Gasteiger partial charge >= 0.3 is 0 Å². The molecule has 0 amide bonds. The minimum absolute atomic E-state index is 0.0369. The molecule has 3 N–H and O–H groups in total. The molecule has 1 aromatic carbocycles. The Hall–Kier alpha value is -2.92. The van der Waals surface area contributed by atoms with E-state index in [1.54, 1.807) is 4.57 Å². The number of hydrogen-bond acceptors (Lipinski definition) is 7. The van der Waals surface area contributed by atoms with Crippen molar-refractivity contribution in [3.05, 3.63) is 35.8 Å². The lowest BCUT2D eigenvalue weighted by Crippen LogP contribution is -2.29. The van der Waals surface area contributed by atoms with Crippen molar-refractivity contribution >= 4 is 28.7 Å². The van der Waals surface area contributed by atoms with Gasteiger partial charge in [-0.2, -0.15) is 4.98 Å². The molecule has 3 heterocycles. The molecule has 8 nitrogen and oxygen atoms in total. The average Bonchev–Trinajstić information content (AvgIpc) is 3.45. The summed E-state index contributed by atoms with van der Waals surface area (Å²) >= 11 is 0. The Labute approximate surface area is 187 Å². The number of nitrogens with zero attached hydrogens (tertiary/aromatic N) is 4. The number of ether oxygens (including phenoxy) is 1. The predicted octanol–water partition coefficient (Wildman–Crippen LogP) is 3.66. The largest absolute Gasteiger partial charge is 0.393 e. The number of rotatable bonds is 5. The van der Waals surface area contributed by atoms with Crippen molar-refractivity contribution in [2.24, 2.45) is 0 Å². The third-order valence-corrected chi connectivity index (χ3v) is 5.33. The van der Waals surface area contributed by atoms with Gasteiger partial charge in [-0.1, -0.05) is 0 Å². The van der Waals surface area contributed by atoms with Crippen LogP contribution in [0.4, 0.5) is 30.8 Å². The van der Waals surface area contributed by atoms with Gasteiger partial charge in [0.25, 0.3) is 0 Å². The summed E-state index contributed by atoms with van der Waals surface area (Å²) in [5.74, 6) is -3.25. The molecule has 1 aliphatic heterocycles. The number of aromatic nitrogens is 4. The highest BCUT2D eigenvalue weighted by atomic mass is 19.1. The van der Waals surface area contributed by atoms with Crippen molar-refractivity contribution in [2.45, 2.75) is 50.2 Å². The van der Waals surface area contributed by atoms with Crippen molar-refractivity contribution in [3.63, 3.8) is 0 Å². The van der Waals surface area contributed by atoms with E-state index >= 15 is 0 Å². The first-order chi connectivity index (χ1) is 17.0. The zero-order valence-corrected chi connectivity index (χ0v) is 16.7. The van der Waals surface area contributed by atoms with E-state index in [1.807, 2.05) is 0 Å². The number of aliphatic hydroxyl groups is 1. The number of aliphatic hydroxyl groups excluding tert-OH is 1. The molecular weight excluding hydrogens is 425 g/mol. The fourth-order valence-corrected chi connectivity index (χ4v) is 3.78. The second-order valence-electron chi connectivity index (χ2n) is 7.58. The zero-order chi connectivity index (χ0) is 25.8. The van der Waals surface area contributed by atoms with E-state index < -0.39 is 54.5 Å². The Morgan fingerprint density at radius 3 is 2.72 bits per heavy atom. The first-order valence-corrected chi connectivity index (χ1v) is 10.1. The second-order valence-corrected chi connectivity index (χ2v) is 7.58. The average molecular weight is 452 g/mol. The van der Waals surface area contributed by atoms with E-state index in [2.05, 4.69) is 25.6 Å². The number of anilines is 3. The first kappa shape index (κ1) is 16.7. The van der Waals surface area contributed by atoms with Gasteiger partial charge in [0, 0.05) is 30.3 Å². The smallest absolute Gasteiger partial charge is 0.224 e. The van der Waals surface area contributed by atoms with Gasteiger partial charge in [0.1, 0.15) is 17.0 Å². The van der Waals surface area contributed by atoms with Crippen LogP contribution < -0.4 is 10.6 Å². The van der Waals surface area contributed by atoms with Crippen LogP contribution >= 0.6 is 0 Å². The van der Waals surface area contributed by atoms with E-state index in [0.717, 1.165) is 0 Å². The van der Waals surface area contributed by atoms with Crippen molar-refractivity contribution in [2.75, 3.05) is 23.8 Å². The van der Waals surface area contributed by atoms with E-state index in [4.69, 9.17) is 10.2 Å². The fourth-order valence-electron chi connectivity index (χ4n) is 3.78. The maximum atomic E-state index is 14.3. The lowest BCUT2D eigenvalue weighted by molar-refractivity contribution is 0.126. The third-order valence-electron chi connectivity index (χ3n) is 5.33. The maximum absolute atomic E-state index is 14.3. The van der Waals surface area contributed by atoms with Gasteiger partial charge in [0.2, 0.25) is 11.9 Å². The van der Waals surface area contributed by atoms with Gasteiger partial charge in [0.05, 0.1) is 24.9 Å². The maximum Gasteiger partial charge on any atom is 0.224 e. The van der Waals surface area contributed by atoms with Crippen LogP contribution in [0.2, 0.25) is 0 Å². The normalized spacial score (nSPS) is 31.6. The van der Waals surface area contributed by atoms with Crippen molar-refractivity contribution < 1.29 is 28.5 Å². The summed E-state index contributed by atoms with van der Waals surface area (Å²) in [5, 5.41) is 15.5. The van der Waals surface area contributed by atoms with Crippen LogP contribution in [0, 0.1) is 17.5 Å². The molecule has 5 rings (SSSR count). The quantitative estimate of drug-likeness (QED) is 0.544. The van der Waals surface area contributed by atoms with Crippen LogP contribution in [-0.4, -0.2) is 50.0 Å². The van der Waals surface area contributed by atoms with Crippen LogP contribution in [-0.2, 0) is 4.74 Å². The number of benzene rings is 1. The predicted molar refractivity (Wildman–Crippen MR) is 111 cm³/mol. The van der Waals surface area contributed by atoms with E-state index in [9.17, 15) is 18.3 Å². The third kappa shape index (κ3) is 4.09. The molecule has 2 aliphatic rings. The van der Waals surface area contributed by atoms with E-state index in [0.29, 0.717) is 25.2 Å². The molecule has 32 heavy (non-hydrogen) atoms. The molecule has 5 atom stereocenters. The molecule has 2 fully saturated rings. The summed E-state index contributed by atoms with van der Waals surface area (Å²) in [6.45, 7) is 0.738. The van der Waals surface area contributed by atoms with Crippen LogP contribution in [0.15, 0.2) is 18.3 Å². The van der Waals surface area contributed by atoms with Crippen LogP contribution in [0.5, 0.6) is 0 Å². The van der Waals surface area contributed by atoms with Gasteiger partial charge in [0.15, 0.2) is 17.3 Å². The first-order valence-electron chi connectivity index (χ1n) is 12.2. The van der Waals surface area contributed by atoms with Gasteiger partial charge in [-0.05, 0) is 32.0 Å². The number of hydrogen-bond donors (Lipinski definition) is 3. The molecule has 3 aromatic rings. The summed E-state index contributed by atoms with van der Waals surface area (Å²) in [5.41, 5.74) is -0.0102. The van der Waals surface area contributed by atoms with Crippen molar-refractivity contribution in [3.8, 4) is 0 Å². The molecule has 170 valence electrons. The molecule has 2 aromatic heterocycles. The minimum Gasteiger partial charge on any atom is -0.393 e. The Morgan fingerprint density at radius 2 is 1.97 bits per heavy atom. The van der Waals surface area contributed by atoms with E-state index in [1.165, 1.54) is 6.20 Å². The number of nitrogens with one attached hydrogen (secondary N) is 2. The summed E-state index contributed by atoms with van der Waals surface area (Å²) in [7, 11) is 0. The zero-order valence-electron chi connectivity index (χ0n) is 20.7.